The summed E-state index contributed by atoms with van der Waals surface area (Å²) in [5.74, 6) is 2.68. The SMILES string of the molecule is [CH2]c1ccccc1Oc1ccnc2cc(OC)c(OC)cc12. The fourth-order valence-electron chi connectivity index (χ4n) is 2.26. The van der Waals surface area contributed by atoms with Gasteiger partial charge in [0.15, 0.2) is 11.5 Å². The second kappa shape index (κ2) is 5.93. The van der Waals surface area contributed by atoms with Gasteiger partial charge >= 0.3 is 0 Å². The Morgan fingerprint density at radius 2 is 1.59 bits per heavy atom. The van der Waals surface area contributed by atoms with Gasteiger partial charge in [0.2, 0.25) is 0 Å². The molecule has 4 nitrogen and oxygen atoms in total. The third-order valence-electron chi connectivity index (χ3n) is 3.40. The average molecular weight is 294 g/mol. The van der Waals surface area contributed by atoms with Crippen LogP contribution in [0, 0.1) is 6.92 Å². The lowest BCUT2D eigenvalue weighted by molar-refractivity contribution is 0.355. The molecule has 1 aromatic heterocycles. The van der Waals surface area contributed by atoms with E-state index in [1.165, 1.54) is 0 Å². The van der Waals surface area contributed by atoms with Crippen LogP contribution in [-0.4, -0.2) is 19.2 Å². The predicted octanol–water partition coefficient (Wildman–Crippen LogP) is 4.23. The molecule has 0 saturated carbocycles. The molecule has 1 heterocycles. The van der Waals surface area contributed by atoms with Gasteiger partial charge in [-0.1, -0.05) is 18.2 Å². The van der Waals surface area contributed by atoms with E-state index in [9.17, 15) is 0 Å². The molecule has 111 valence electrons. The summed E-state index contributed by atoms with van der Waals surface area (Å²) in [4.78, 5) is 4.36. The molecule has 0 unspecified atom stereocenters. The van der Waals surface area contributed by atoms with Crippen LogP contribution in [0.5, 0.6) is 23.0 Å². The molecule has 3 rings (SSSR count). The summed E-state index contributed by atoms with van der Waals surface area (Å²) in [5, 5.41) is 0.850. The normalized spacial score (nSPS) is 10.5. The highest BCUT2D eigenvalue weighted by Gasteiger charge is 2.11. The van der Waals surface area contributed by atoms with Crippen molar-refractivity contribution in [2.24, 2.45) is 0 Å². The van der Waals surface area contributed by atoms with E-state index in [0.29, 0.717) is 23.0 Å². The van der Waals surface area contributed by atoms with Gasteiger partial charge in [0.25, 0.3) is 0 Å². The Kier molecular flexibility index (Phi) is 3.83. The van der Waals surface area contributed by atoms with Crippen LogP contribution in [0.3, 0.4) is 0 Å². The van der Waals surface area contributed by atoms with Crippen molar-refractivity contribution in [3.63, 3.8) is 0 Å². The smallest absolute Gasteiger partial charge is 0.162 e. The maximum absolute atomic E-state index is 6.00. The lowest BCUT2D eigenvalue weighted by Gasteiger charge is -2.13. The fourth-order valence-corrected chi connectivity index (χ4v) is 2.26. The summed E-state index contributed by atoms with van der Waals surface area (Å²) in [6.45, 7) is 3.97. The van der Waals surface area contributed by atoms with E-state index in [2.05, 4.69) is 11.9 Å². The predicted molar refractivity (Wildman–Crippen MR) is 85.8 cm³/mol. The lowest BCUT2D eigenvalue weighted by atomic mass is 10.1. The van der Waals surface area contributed by atoms with Gasteiger partial charge in [0.1, 0.15) is 11.5 Å². The topological polar surface area (TPSA) is 40.6 Å². The highest BCUT2D eigenvalue weighted by molar-refractivity contribution is 5.88. The summed E-state index contributed by atoms with van der Waals surface area (Å²) in [6, 6.07) is 13.1. The zero-order chi connectivity index (χ0) is 15.5. The van der Waals surface area contributed by atoms with Crippen LogP contribution in [0.1, 0.15) is 5.56 Å². The Balaban J connectivity index is 2.12. The van der Waals surface area contributed by atoms with Crippen LogP contribution in [0.2, 0.25) is 0 Å². The van der Waals surface area contributed by atoms with Crippen molar-refractivity contribution in [1.29, 1.82) is 0 Å². The van der Waals surface area contributed by atoms with Gasteiger partial charge in [-0.15, -0.1) is 0 Å². The number of aromatic nitrogens is 1. The van der Waals surface area contributed by atoms with E-state index >= 15 is 0 Å². The molecule has 0 amide bonds. The molecule has 0 aliphatic carbocycles. The van der Waals surface area contributed by atoms with Gasteiger partial charge in [-0.2, -0.15) is 0 Å². The van der Waals surface area contributed by atoms with Gasteiger partial charge in [-0.3, -0.25) is 4.98 Å². The summed E-state index contributed by atoms with van der Waals surface area (Å²) in [6.07, 6.45) is 1.70. The number of nitrogens with zero attached hydrogens (tertiary/aromatic N) is 1. The van der Waals surface area contributed by atoms with Crippen LogP contribution in [-0.2, 0) is 0 Å². The minimum atomic E-state index is 0.635. The average Bonchev–Trinajstić information content (AvgIpc) is 2.56. The first-order valence-corrected chi connectivity index (χ1v) is 6.82. The molecular weight excluding hydrogens is 278 g/mol. The van der Waals surface area contributed by atoms with Crippen molar-refractivity contribution >= 4 is 10.9 Å². The van der Waals surface area contributed by atoms with E-state index in [0.717, 1.165) is 16.5 Å². The first kappa shape index (κ1) is 14.2. The van der Waals surface area contributed by atoms with Crippen LogP contribution in [0.4, 0.5) is 0 Å². The van der Waals surface area contributed by atoms with Crippen molar-refractivity contribution in [2.75, 3.05) is 14.2 Å². The minimum Gasteiger partial charge on any atom is -0.493 e. The molecule has 22 heavy (non-hydrogen) atoms. The molecule has 3 aromatic rings. The molecular formula is C18H16NO3. The van der Waals surface area contributed by atoms with Crippen molar-refractivity contribution < 1.29 is 14.2 Å². The Morgan fingerprint density at radius 1 is 0.864 bits per heavy atom. The van der Waals surface area contributed by atoms with Crippen molar-refractivity contribution in [3.8, 4) is 23.0 Å². The largest absolute Gasteiger partial charge is 0.493 e. The number of pyridine rings is 1. The highest BCUT2D eigenvalue weighted by Crippen LogP contribution is 2.37. The summed E-state index contributed by atoms with van der Waals surface area (Å²) in [5.41, 5.74) is 1.60. The van der Waals surface area contributed by atoms with Gasteiger partial charge < -0.3 is 14.2 Å². The maximum atomic E-state index is 6.00. The number of ether oxygens (including phenoxy) is 3. The molecule has 0 aliphatic rings. The van der Waals surface area contributed by atoms with Crippen molar-refractivity contribution in [3.05, 3.63) is 61.1 Å². The van der Waals surface area contributed by atoms with E-state index in [1.54, 1.807) is 20.4 Å². The second-order valence-corrected chi connectivity index (χ2v) is 4.74. The summed E-state index contributed by atoms with van der Waals surface area (Å²) in [7, 11) is 3.20. The maximum Gasteiger partial charge on any atom is 0.162 e. The molecule has 4 heteroatoms. The monoisotopic (exact) mass is 294 g/mol. The molecule has 0 atom stereocenters. The lowest BCUT2D eigenvalue weighted by Crippen LogP contribution is -1.94. The van der Waals surface area contributed by atoms with E-state index in [1.807, 2.05) is 42.5 Å². The number of rotatable bonds is 4. The van der Waals surface area contributed by atoms with Gasteiger partial charge in [0.05, 0.1) is 19.7 Å². The molecule has 0 aliphatic heterocycles. The Labute approximate surface area is 129 Å². The quantitative estimate of drug-likeness (QED) is 0.722. The molecule has 0 saturated heterocycles. The van der Waals surface area contributed by atoms with Crippen LogP contribution in [0.15, 0.2) is 48.7 Å². The molecule has 0 N–H and O–H groups in total. The van der Waals surface area contributed by atoms with Crippen LogP contribution >= 0.6 is 0 Å². The summed E-state index contributed by atoms with van der Waals surface area (Å²) < 4.78 is 16.7. The minimum absolute atomic E-state index is 0.635. The number of fused-ring (bicyclic) bond motifs is 1. The number of para-hydroxylation sites is 1. The number of benzene rings is 2. The van der Waals surface area contributed by atoms with E-state index in [4.69, 9.17) is 14.2 Å². The Bertz CT molecular complexity index is 815. The third-order valence-corrected chi connectivity index (χ3v) is 3.40. The zero-order valence-electron chi connectivity index (χ0n) is 12.5. The highest BCUT2D eigenvalue weighted by atomic mass is 16.5. The van der Waals surface area contributed by atoms with Gasteiger partial charge in [0, 0.05) is 17.6 Å². The number of hydrogen-bond donors (Lipinski definition) is 0. The number of methoxy groups -OCH3 is 2. The molecule has 0 spiro atoms. The molecule has 1 radical (unpaired) electrons. The second-order valence-electron chi connectivity index (χ2n) is 4.74. The Hall–Kier alpha value is -2.75. The van der Waals surface area contributed by atoms with Crippen molar-refractivity contribution in [2.45, 2.75) is 0 Å². The molecule has 0 bridgehead atoms. The van der Waals surface area contributed by atoms with E-state index < -0.39 is 0 Å². The molecule has 0 fully saturated rings. The zero-order valence-corrected chi connectivity index (χ0v) is 12.5. The molecule has 2 aromatic carbocycles. The van der Waals surface area contributed by atoms with E-state index in [-0.39, 0.29) is 0 Å². The number of hydrogen-bond acceptors (Lipinski definition) is 4. The third kappa shape index (κ3) is 2.55. The van der Waals surface area contributed by atoms with Gasteiger partial charge in [-0.05, 0) is 30.7 Å². The first-order chi connectivity index (χ1) is 10.7. The summed E-state index contributed by atoms with van der Waals surface area (Å²) >= 11 is 0. The van der Waals surface area contributed by atoms with Gasteiger partial charge in [-0.25, -0.2) is 0 Å². The van der Waals surface area contributed by atoms with Crippen molar-refractivity contribution in [1.82, 2.24) is 4.98 Å². The van der Waals surface area contributed by atoms with Crippen LogP contribution in [0.25, 0.3) is 10.9 Å². The fraction of sp³-hybridized carbons (Fsp3) is 0.111. The standard InChI is InChI=1S/C18H16NO3/c1-12-6-4-5-7-15(12)22-16-8-9-19-14-11-18(21-3)17(20-2)10-13(14)16/h4-11H,1H2,2-3H3. The first-order valence-electron chi connectivity index (χ1n) is 6.82. The Morgan fingerprint density at radius 3 is 2.32 bits per heavy atom. The van der Waals surface area contributed by atoms with Crippen LogP contribution < -0.4 is 14.2 Å².